The van der Waals surface area contributed by atoms with Crippen molar-refractivity contribution in [3.8, 4) is 5.75 Å². The van der Waals surface area contributed by atoms with Crippen LogP contribution in [-0.2, 0) is 31.0 Å². The largest absolute Gasteiger partial charge is 0.497 e. The van der Waals surface area contributed by atoms with Gasteiger partial charge in [-0.15, -0.1) is 0 Å². The van der Waals surface area contributed by atoms with Gasteiger partial charge in [0, 0.05) is 13.1 Å². The summed E-state index contributed by atoms with van der Waals surface area (Å²) < 4.78 is 29.7. The zero-order valence-corrected chi connectivity index (χ0v) is 20.3. The van der Waals surface area contributed by atoms with E-state index in [0.717, 1.165) is 11.3 Å². The summed E-state index contributed by atoms with van der Waals surface area (Å²) in [5, 5.41) is 0. The molecule has 0 N–H and O–H groups in total. The Morgan fingerprint density at radius 2 is 1.58 bits per heavy atom. The predicted octanol–water partition coefficient (Wildman–Crippen LogP) is 4.50. The first-order chi connectivity index (χ1) is 15.5. The van der Waals surface area contributed by atoms with Gasteiger partial charge in [-0.05, 0) is 70.0 Å². The predicted molar refractivity (Wildman–Crippen MR) is 125 cm³/mol. The van der Waals surface area contributed by atoms with Crippen molar-refractivity contribution in [2.45, 2.75) is 52.2 Å². The van der Waals surface area contributed by atoms with Crippen molar-refractivity contribution in [1.82, 2.24) is 4.90 Å². The van der Waals surface area contributed by atoms with E-state index in [0.29, 0.717) is 12.1 Å². The third kappa shape index (κ3) is 7.86. The molecular formula is C26H34FNO5. The molecule has 2 aromatic carbocycles. The second-order valence-corrected chi connectivity index (χ2v) is 9.14. The van der Waals surface area contributed by atoms with Gasteiger partial charge < -0.3 is 14.2 Å². The van der Waals surface area contributed by atoms with E-state index in [-0.39, 0.29) is 19.7 Å². The SMILES string of the molecule is CCOC(=O)C(C)(CN(CC(=O)OC(C)(C)C)Cc1ccc(OC)cc1)c1ccc(F)cc1. The maximum atomic E-state index is 13.6. The molecule has 0 aliphatic carbocycles. The first-order valence-electron chi connectivity index (χ1n) is 11.0. The molecule has 0 heterocycles. The second-order valence-electron chi connectivity index (χ2n) is 9.14. The Kier molecular flexibility index (Phi) is 8.99. The van der Waals surface area contributed by atoms with Crippen molar-refractivity contribution in [2.75, 3.05) is 26.8 Å². The van der Waals surface area contributed by atoms with Crippen LogP contribution in [0.15, 0.2) is 48.5 Å². The summed E-state index contributed by atoms with van der Waals surface area (Å²) in [6, 6.07) is 13.3. The molecule has 1 atom stereocenters. The van der Waals surface area contributed by atoms with Crippen LogP contribution in [0.3, 0.4) is 0 Å². The highest BCUT2D eigenvalue weighted by Gasteiger charge is 2.39. The summed E-state index contributed by atoms with van der Waals surface area (Å²) in [4.78, 5) is 27.6. The Bertz CT molecular complexity index is 921. The van der Waals surface area contributed by atoms with Gasteiger partial charge in [-0.3, -0.25) is 14.5 Å². The summed E-state index contributed by atoms with van der Waals surface area (Å²) >= 11 is 0. The lowest BCUT2D eigenvalue weighted by Crippen LogP contribution is -2.47. The lowest BCUT2D eigenvalue weighted by atomic mass is 9.81. The Morgan fingerprint density at radius 3 is 2.09 bits per heavy atom. The molecule has 0 aliphatic rings. The van der Waals surface area contributed by atoms with Gasteiger partial charge in [-0.25, -0.2) is 4.39 Å². The van der Waals surface area contributed by atoms with E-state index in [9.17, 15) is 14.0 Å². The lowest BCUT2D eigenvalue weighted by molar-refractivity contribution is -0.158. The van der Waals surface area contributed by atoms with E-state index in [1.807, 2.05) is 29.2 Å². The minimum atomic E-state index is -1.13. The number of ether oxygens (including phenoxy) is 3. The number of rotatable bonds is 10. The van der Waals surface area contributed by atoms with Crippen LogP contribution in [0.25, 0.3) is 0 Å². The first kappa shape index (κ1) is 26.3. The van der Waals surface area contributed by atoms with Crippen molar-refractivity contribution >= 4 is 11.9 Å². The van der Waals surface area contributed by atoms with Crippen molar-refractivity contribution in [2.24, 2.45) is 0 Å². The van der Waals surface area contributed by atoms with Crippen LogP contribution in [0.4, 0.5) is 4.39 Å². The van der Waals surface area contributed by atoms with Gasteiger partial charge in [0.15, 0.2) is 0 Å². The van der Waals surface area contributed by atoms with E-state index in [1.54, 1.807) is 53.9 Å². The van der Waals surface area contributed by atoms with Crippen LogP contribution in [-0.4, -0.2) is 49.2 Å². The van der Waals surface area contributed by atoms with Crippen LogP contribution in [0.1, 0.15) is 45.7 Å². The summed E-state index contributed by atoms with van der Waals surface area (Å²) in [7, 11) is 1.59. The molecule has 2 aromatic rings. The molecule has 0 spiro atoms. The smallest absolute Gasteiger partial charge is 0.320 e. The first-order valence-corrected chi connectivity index (χ1v) is 11.0. The fourth-order valence-electron chi connectivity index (χ4n) is 3.54. The Labute approximate surface area is 195 Å². The summed E-state index contributed by atoms with van der Waals surface area (Å²) in [5.74, 6) is -0.518. The number of esters is 2. The second kappa shape index (κ2) is 11.3. The van der Waals surface area contributed by atoms with Crippen LogP contribution >= 0.6 is 0 Å². The van der Waals surface area contributed by atoms with Gasteiger partial charge >= 0.3 is 11.9 Å². The standard InChI is InChI=1S/C26H34FNO5/c1-7-32-24(30)26(5,20-10-12-21(27)13-11-20)18-28(17-23(29)33-25(2,3)4)16-19-8-14-22(31-6)15-9-19/h8-15H,7,16-18H2,1-6H3. The number of nitrogens with zero attached hydrogens (tertiary/aromatic N) is 1. The average molecular weight is 460 g/mol. The van der Waals surface area contributed by atoms with Crippen LogP contribution in [0.2, 0.25) is 0 Å². The summed E-state index contributed by atoms with van der Waals surface area (Å²) in [6.45, 7) is 9.63. The van der Waals surface area contributed by atoms with Crippen molar-refractivity contribution in [3.05, 3.63) is 65.5 Å². The maximum absolute atomic E-state index is 13.6. The number of carbonyl (C=O) groups excluding carboxylic acids is 2. The number of methoxy groups -OCH3 is 1. The van der Waals surface area contributed by atoms with Crippen molar-refractivity contribution in [1.29, 1.82) is 0 Å². The van der Waals surface area contributed by atoms with E-state index in [4.69, 9.17) is 14.2 Å². The van der Waals surface area contributed by atoms with Crippen molar-refractivity contribution < 1.29 is 28.2 Å². The van der Waals surface area contributed by atoms with E-state index in [1.165, 1.54) is 12.1 Å². The zero-order chi connectivity index (χ0) is 24.6. The number of benzene rings is 2. The van der Waals surface area contributed by atoms with Gasteiger partial charge in [0.2, 0.25) is 0 Å². The summed E-state index contributed by atoms with van der Waals surface area (Å²) in [6.07, 6.45) is 0. The highest BCUT2D eigenvalue weighted by molar-refractivity contribution is 5.83. The average Bonchev–Trinajstić information content (AvgIpc) is 2.73. The normalized spacial score (nSPS) is 13.3. The molecule has 0 bridgehead atoms. The van der Waals surface area contributed by atoms with Gasteiger partial charge in [-0.1, -0.05) is 24.3 Å². The molecule has 33 heavy (non-hydrogen) atoms. The molecule has 0 fully saturated rings. The minimum absolute atomic E-state index is 0.0283. The topological polar surface area (TPSA) is 65.1 Å². The number of hydrogen-bond acceptors (Lipinski definition) is 6. The van der Waals surface area contributed by atoms with E-state index in [2.05, 4.69) is 0 Å². The van der Waals surface area contributed by atoms with Crippen LogP contribution < -0.4 is 4.74 Å². The summed E-state index contributed by atoms with van der Waals surface area (Å²) in [5.41, 5.74) is -0.224. The molecule has 180 valence electrons. The molecule has 2 rings (SSSR count). The molecule has 1 unspecified atom stereocenters. The molecule has 0 aromatic heterocycles. The van der Waals surface area contributed by atoms with Gasteiger partial charge in [0.25, 0.3) is 0 Å². The van der Waals surface area contributed by atoms with Crippen LogP contribution in [0.5, 0.6) is 5.75 Å². The maximum Gasteiger partial charge on any atom is 0.320 e. The molecule has 0 radical (unpaired) electrons. The molecule has 7 heteroatoms. The lowest BCUT2D eigenvalue weighted by Gasteiger charge is -2.34. The third-order valence-corrected chi connectivity index (χ3v) is 5.09. The highest BCUT2D eigenvalue weighted by atomic mass is 19.1. The number of carbonyl (C=O) groups is 2. The van der Waals surface area contributed by atoms with E-state index >= 15 is 0 Å². The number of halogens is 1. The molecule has 0 amide bonds. The van der Waals surface area contributed by atoms with Crippen molar-refractivity contribution in [3.63, 3.8) is 0 Å². The molecule has 6 nitrogen and oxygen atoms in total. The molecule has 0 saturated carbocycles. The minimum Gasteiger partial charge on any atom is -0.497 e. The quantitative estimate of drug-likeness (QED) is 0.488. The van der Waals surface area contributed by atoms with Gasteiger partial charge in [0.1, 0.15) is 22.6 Å². The Morgan fingerprint density at radius 1 is 0.970 bits per heavy atom. The zero-order valence-electron chi connectivity index (χ0n) is 20.3. The highest BCUT2D eigenvalue weighted by Crippen LogP contribution is 2.28. The molecular weight excluding hydrogens is 425 g/mol. The fraction of sp³-hybridized carbons (Fsp3) is 0.462. The monoisotopic (exact) mass is 459 g/mol. The fourth-order valence-corrected chi connectivity index (χ4v) is 3.54. The molecule has 0 saturated heterocycles. The third-order valence-electron chi connectivity index (χ3n) is 5.09. The van der Waals surface area contributed by atoms with E-state index < -0.39 is 28.8 Å². The van der Waals surface area contributed by atoms with Gasteiger partial charge in [-0.2, -0.15) is 0 Å². The Hall–Kier alpha value is -2.93. The Balaban J connectivity index is 2.38. The van der Waals surface area contributed by atoms with Gasteiger partial charge in [0.05, 0.1) is 20.3 Å². The van der Waals surface area contributed by atoms with Crippen LogP contribution in [0, 0.1) is 5.82 Å². The number of hydrogen-bond donors (Lipinski definition) is 0. The molecule has 0 aliphatic heterocycles.